The van der Waals surface area contributed by atoms with Crippen LogP contribution in [0.2, 0.25) is 5.02 Å². The van der Waals surface area contributed by atoms with Gasteiger partial charge in [0.25, 0.3) is 5.69 Å². The maximum atomic E-state index is 10.8. The highest BCUT2D eigenvalue weighted by Gasteiger charge is 2.40. The first-order valence-corrected chi connectivity index (χ1v) is 5.19. The number of nitro groups is 1. The van der Waals surface area contributed by atoms with E-state index in [1.165, 1.54) is 6.07 Å². The highest BCUT2D eigenvalue weighted by Crippen LogP contribution is 2.39. The molecule has 1 aromatic carbocycles. The van der Waals surface area contributed by atoms with Crippen molar-refractivity contribution in [3.05, 3.63) is 33.3 Å². The topological polar surface area (TPSA) is 66.6 Å². The minimum atomic E-state index is -0.785. The fourth-order valence-electron chi connectivity index (χ4n) is 1.90. The van der Waals surface area contributed by atoms with E-state index < -0.39 is 10.5 Å². The fraction of sp³-hybridized carbons (Fsp3) is 0.400. The van der Waals surface area contributed by atoms with Gasteiger partial charge in [0.1, 0.15) is 5.69 Å². The quantitative estimate of drug-likeness (QED) is 0.635. The van der Waals surface area contributed by atoms with Gasteiger partial charge in [-0.15, -0.1) is 0 Å². The predicted molar refractivity (Wildman–Crippen MR) is 60.9 cm³/mol. The minimum Gasteiger partial charge on any atom is -0.386 e. The Hall–Kier alpha value is -1.33. The smallest absolute Gasteiger partial charge is 0.294 e. The van der Waals surface area contributed by atoms with E-state index in [0.29, 0.717) is 23.8 Å². The number of β-amino-alcohol motifs (C(OH)–C–C–N with tert-alkyl or cyclic N) is 1. The molecule has 5 nitrogen and oxygen atoms in total. The van der Waals surface area contributed by atoms with Crippen molar-refractivity contribution in [3.8, 4) is 0 Å². The van der Waals surface area contributed by atoms with Crippen LogP contribution in [-0.2, 0) is 0 Å². The lowest BCUT2D eigenvalue weighted by Crippen LogP contribution is -2.60. The van der Waals surface area contributed by atoms with Gasteiger partial charge in [0, 0.05) is 19.2 Å². The predicted octanol–water partition coefficient (Wildman–Crippen LogP) is 1.82. The summed E-state index contributed by atoms with van der Waals surface area (Å²) in [7, 11) is 0. The molecule has 16 heavy (non-hydrogen) atoms. The molecule has 0 aliphatic carbocycles. The molecule has 1 aliphatic rings. The van der Waals surface area contributed by atoms with Crippen LogP contribution in [0.3, 0.4) is 0 Å². The second kappa shape index (κ2) is 3.61. The summed E-state index contributed by atoms with van der Waals surface area (Å²) in [6.07, 6.45) is 0. The van der Waals surface area contributed by atoms with Gasteiger partial charge < -0.3 is 10.0 Å². The molecule has 1 saturated heterocycles. The fourth-order valence-corrected chi connectivity index (χ4v) is 2.19. The number of anilines is 1. The van der Waals surface area contributed by atoms with Crippen molar-refractivity contribution in [3.63, 3.8) is 0 Å². The van der Waals surface area contributed by atoms with E-state index >= 15 is 0 Å². The number of nitro benzene ring substituents is 1. The van der Waals surface area contributed by atoms with E-state index in [-0.39, 0.29) is 5.69 Å². The molecule has 1 aliphatic heterocycles. The summed E-state index contributed by atoms with van der Waals surface area (Å²) < 4.78 is 0. The zero-order valence-corrected chi connectivity index (χ0v) is 9.44. The number of halogens is 1. The van der Waals surface area contributed by atoms with Crippen molar-refractivity contribution < 1.29 is 10.0 Å². The lowest BCUT2D eigenvalue weighted by Gasteiger charge is -2.45. The third kappa shape index (κ3) is 1.83. The van der Waals surface area contributed by atoms with Crippen LogP contribution in [0.5, 0.6) is 0 Å². The maximum Gasteiger partial charge on any atom is 0.294 e. The van der Waals surface area contributed by atoms with Crippen LogP contribution < -0.4 is 4.90 Å². The molecular weight excluding hydrogens is 232 g/mol. The Balaban J connectivity index is 2.37. The molecule has 1 aromatic rings. The van der Waals surface area contributed by atoms with Crippen molar-refractivity contribution in [2.24, 2.45) is 0 Å². The number of aliphatic hydroxyl groups is 1. The number of para-hydroxylation sites is 1. The standard InChI is InChI=1S/C10H11ClN2O3/c1-10(14)5-12(6-10)9-7(11)3-2-4-8(9)13(15)16/h2-4,14H,5-6H2,1H3. The first-order chi connectivity index (χ1) is 7.41. The Bertz CT molecular complexity index is 440. The van der Waals surface area contributed by atoms with Gasteiger partial charge in [-0.05, 0) is 13.0 Å². The molecule has 6 heteroatoms. The molecule has 1 N–H and O–H groups in total. The highest BCUT2D eigenvalue weighted by molar-refractivity contribution is 6.33. The number of hydrogen-bond donors (Lipinski definition) is 1. The van der Waals surface area contributed by atoms with Crippen LogP contribution in [0.25, 0.3) is 0 Å². The SMILES string of the molecule is CC1(O)CN(c2c(Cl)cccc2[N+](=O)[O-])C1. The normalized spacial score (nSPS) is 18.1. The van der Waals surface area contributed by atoms with Gasteiger partial charge in [0.15, 0.2) is 0 Å². The van der Waals surface area contributed by atoms with E-state index in [4.69, 9.17) is 11.6 Å². The van der Waals surface area contributed by atoms with Gasteiger partial charge in [-0.2, -0.15) is 0 Å². The van der Waals surface area contributed by atoms with Gasteiger partial charge in [-0.1, -0.05) is 17.7 Å². The van der Waals surface area contributed by atoms with Crippen LogP contribution in [0, 0.1) is 10.1 Å². The number of nitrogens with zero attached hydrogens (tertiary/aromatic N) is 2. The zero-order valence-electron chi connectivity index (χ0n) is 8.68. The Morgan fingerprint density at radius 2 is 2.19 bits per heavy atom. The molecule has 2 rings (SSSR count). The summed E-state index contributed by atoms with van der Waals surface area (Å²) in [6.45, 7) is 2.40. The van der Waals surface area contributed by atoms with E-state index in [9.17, 15) is 15.2 Å². The molecule has 1 heterocycles. The summed E-state index contributed by atoms with van der Waals surface area (Å²) in [5.41, 5.74) is -0.420. The van der Waals surface area contributed by atoms with Crippen molar-refractivity contribution in [2.45, 2.75) is 12.5 Å². The second-order valence-corrected chi connectivity index (χ2v) is 4.62. The van der Waals surface area contributed by atoms with Gasteiger partial charge in [0.2, 0.25) is 0 Å². The number of benzene rings is 1. The summed E-state index contributed by atoms with van der Waals surface area (Å²) in [5.74, 6) is 0. The Morgan fingerprint density at radius 3 is 2.69 bits per heavy atom. The van der Waals surface area contributed by atoms with E-state index in [1.54, 1.807) is 24.0 Å². The molecule has 86 valence electrons. The number of rotatable bonds is 2. The summed E-state index contributed by atoms with van der Waals surface area (Å²) >= 11 is 5.95. The lowest BCUT2D eigenvalue weighted by molar-refractivity contribution is -0.384. The van der Waals surface area contributed by atoms with E-state index in [2.05, 4.69) is 0 Å². The largest absolute Gasteiger partial charge is 0.386 e. The van der Waals surface area contributed by atoms with Crippen molar-refractivity contribution in [1.29, 1.82) is 0 Å². The zero-order chi connectivity index (χ0) is 11.9. The van der Waals surface area contributed by atoms with Gasteiger partial charge in [0.05, 0.1) is 15.5 Å². The maximum absolute atomic E-state index is 10.8. The van der Waals surface area contributed by atoms with Crippen molar-refractivity contribution in [1.82, 2.24) is 0 Å². The summed E-state index contributed by atoms with van der Waals surface area (Å²) in [6, 6.07) is 4.56. The average Bonchev–Trinajstić information content (AvgIpc) is 2.13. The van der Waals surface area contributed by atoms with Crippen molar-refractivity contribution in [2.75, 3.05) is 18.0 Å². The highest BCUT2D eigenvalue weighted by atomic mass is 35.5. The molecule has 0 aromatic heterocycles. The first-order valence-electron chi connectivity index (χ1n) is 4.81. The molecule has 0 bridgehead atoms. The second-order valence-electron chi connectivity index (χ2n) is 4.22. The van der Waals surface area contributed by atoms with Crippen LogP contribution in [0.4, 0.5) is 11.4 Å². The Labute approximate surface area is 97.4 Å². The molecule has 0 radical (unpaired) electrons. The molecule has 0 unspecified atom stereocenters. The number of hydrogen-bond acceptors (Lipinski definition) is 4. The van der Waals surface area contributed by atoms with Crippen LogP contribution in [-0.4, -0.2) is 28.7 Å². The summed E-state index contributed by atoms with van der Waals surface area (Å²) in [4.78, 5) is 12.1. The molecule has 0 amide bonds. The van der Waals surface area contributed by atoms with E-state index in [1.807, 2.05) is 0 Å². The molecular formula is C10H11ClN2O3. The van der Waals surface area contributed by atoms with Crippen LogP contribution in [0.1, 0.15) is 6.92 Å². The third-order valence-corrected chi connectivity index (χ3v) is 2.85. The molecule has 0 spiro atoms. The minimum absolute atomic E-state index is 0.0250. The van der Waals surface area contributed by atoms with Crippen LogP contribution in [0.15, 0.2) is 18.2 Å². The van der Waals surface area contributed by atoms with Gasteiger partial charge in [-0.3, -0.25) is 10.1 Å². The monoisotopic (exact) mass is 242 g/mol. The van der Waals surface area contributed by atoms with E-state index in [0.717, 1.165) is 0 Å². The van der Waals surface area contributed by atoms with Gasteiger partial charge >= 0.3 is 0 Å². The van der Waals surface area contributed by atoms with Crippen molar-refractivity contribution >= 4 is 23.0 Å². The van der Waals surface area contributed by atoms with Crippen LogP contribution >= 0.6 is 11.6 Å². The average molecular weight is 243 g/mol. The molecule has 0 atom stereocenters. The Kier molecular flexibility index (Phi) is 2.52. The Morgan fingerprint density at radius 1 is 1.56 bits per heavy atom. The van der Waals surface area contributed by atoms with Gasteiger partial charge in [-0.25, -0.2) is 0 Å². The first kappa shape index (κ1) is 11.2. The lowest BCUT2D eigenvalue weighted by atomic mass is 9.96. The summed E-state index contributed by atoms with van der Waals surface area (Å²) in [5, 5.41) is 20.8. The molecule has 1 fully saturated rings. The molecule has 0 saturated carbocycles. The third-order valence-electron chi connectivity index (χ3n) is 2.54.